The first kappa shape index (κ1) is 15.1. The molecule has 2 aromatic rings. The smallest absolute Gasteiger partial charge is 0.350 e. The van der Waals surface area contributed by atoms with Crippen molar-refractivity contribution in [1.82, 2.24) is 9.97 Å². The predicted molar refractivity (Wildman–Crippen MR) is 79.7 cm³/mol. The van der Waals surface area contributed by atoms with Crippen LogP contribution in [0.5, 0.6) is 0 Å². The van der Waals surface area contributed by atoms with Crippen LogP contribution in [0, 0.1) is 13.8 Å². The lowest BCUT2D eigenvalue weighted by atomic mass is 10.3. The number of amides is 1. The molecule has 0 unspecified atom stereocenters. The Hall–Kier alpha value is -2.28. The molecule has 1 N–H and O–H groups in total. The average molecular weight is 305 g/mol. The largest absolute Gasteiger partial charge is 0.462 e. The van der Waals surface area contributed by atoms with E-state index in [2.05, 4.69) is 15.3 Å². The molecule has 0 aromatic carbocycles. The highest BCUT2D eigenvalue weighted by Crippen LogP contribution is 2.23. The van der Waals surface area contributed by atoms with Crippen molar-refractivity contribution in [2.75, 3.05) is 11.9 Å². The van der Waals surface area contributed by atoms with Gasteiger partial charge in [-0.25, -0.2) is 14.8 Å². The molecule has 0 radical (unpaired) electrons. The first-order valence-electron chi connectivity index (χ1n) is 6.40. The number of nitrogens with one attached hydrogen (secondary N) is 1. The van der Waals surface area contributed by atoms with Gasteiger partial charge in [0.2, 0.25) is 0 Å². The standard InChI is InChI=1S/C14H15N3O3S/c1-4-20-13(19)11-9(3)16-14(21-11)17-12(18)10-7-5-6-8(2)15-10/h5-7H,4H2,1-3H3,(H,16,17,18). The lowest BCUT2D eigenvalue weighted by Crippen LogP contribution is -2.13. The molecule has 21 heavy (non-hydrogen) atoms. The van der Waals surface area contributed by atoms with Crippen LogP contribution in [0.4, 0.5) is 5.13 Å². The maximum absolute atomic E-state index is 12.1. The SMILES string of the molecule is CCOC(=O)c1sc(NC(=O)c2cccc(C)n2)nc1C. The van der Waals surface area contributed by atoms with Gasteiger partial charge in [-0.15, -0.1) is 0 Å². The van der Waals surface area contributed by atoms with Crippen LogP contribution in [-0.4, -0.2) is 28.5 Å². The number of ether oxygens (including phenoxy) is 1. The number of thiazole rings is 1. The minimum absolute atomic E-state index is 0.297. The lowest BCUT2D eigenvalue weighted by Gasteiger charge is -2.01. The van der Waals surface area contributed by atoms with Crippen molar-refractivity contribution >= 4 is 28.3 Å². The van der Waals surface area contributed by atoms with Crippen molar-refractivity contribution in [2.45, 2.75) is 20.8 Å². The average Bonchev–Trinajstić information content (AvgIpc) is 2.80. The Kier molecular flexibility index (Phi) is 4.64. The second-order valence-corrected chi connectivity index (χ2v) is 5.27. The van der Waals surface area contributed by atoms with Crippen molar-refractivity contribution in [3.63, 3.8) is 0 Å². The predicted octanol–water partition coefficient (Wildman–Crippen LogP) is 2.58. The maximum atomic E-state index is 12.1. The van der Waals surface area contributed by atoms with Gasteiger partial charge in [0, 0.05) is 5.69 Å². The number of anilines is 1. The summed E-state index contributed by atoms with van der Waals surface area (Å²) in [4.78, 5) is 32.5. The molecule has 7 heteroatoms. The van der Waals surface area contributed by atoms with Gasteiger partial charge in [-0.2, -0.15) is 0 Å². The molecule has 2 heterocycles. The van der Waals surface area contributed by atoms with Gasteiger partial charge in [-0.1, -0.05) is 17.4 Å². The van der Waals surface area contributed by atoms with Gasteiger partial charge < -0.3 is 4.74 Å². The van der Waals surface area contributed by atoms with E-state index >= 15 is 0 Å². The topological polar surface area (TPSA) is 81.2 Å². The number of pyridine rings is 1. The zero-order chi connectivity index (χ0) is 15.4. The van der Waals surface area contributed by atoms with Crippen LogP contribution in [0.3, 0.4) is 0 Å². The minimum Gasteiger partial charge on any atom is -0.462 e. The summed E-state index contributed by atoms with van der Waals surface area (Å²) in [6.07, 6.45) is 0. The number of hydrogen-bond acceptors (Lipinski definition) is 6. The zero-order valence-electron chi connectivity index (χ0n) is 12.0. The number of aromatic nitrogens is 2. The third kappa shape index (κ3) is 3.63. The Morgan fingerprint density at radius 3 is 2.71 bits per heavy atom. The second-order valence-electron chi connectivity index (χ2n) is 4.27. The molecule has 0 aliphatic rings. The van der Waals surface area contributed by atoms with E-state index in [0.717, 1.165) is 17.0 Å². The van der Waals surface area contributed by atoms with Crippen LogP contribution in [-0.2, 0) is 4.74 Å². The molecule has 0 saturated carbocycles. The van der Waals surface area contributed by atoms with Crippen LogP contribution in [0.2, 0.25) is 0 Å². The van der Waals surface area contributed by atoms with Crippen LogP contribution in [0.1, 0.15) is 38.5 Å². The summed E-state index contributed by atoms with van der Waals surface area (Å²) in [7, 11) is 0. The molecule has 0 aliphatic carbocycles. The van der Waals surface area contributed by atoms with Crippen molar-refractivity contribution in [2.24, 2.45) is 0 Å². The van der Waals surface area contributed by atoms with Crippen LogP contribution < -0.4 is 5.32 Å². The fraction of sp³-hybridized carbons (Fsp3) is 0.286. The van der Waals surface area contributed by atoms with E-state index in [0.29, 0.717) is 28.0 Å². The second kappa shape index (κ2) is 6.45. The van der Waals surface area contributed by atoms with Crippen molar-refractivity contribution in [3.8, 4) is 0 Å². The van der Waals surface area contributed by atoms with Crippen LogP contribution in [0.15, 0.2) is 18.2 Å². The van der Waals surface area contributed by atoms with Gasteiger partial charge in [-0.05, 0) is 32.9 Å². The number of carbonyl (C=O) groups is 2. The zero-order valence-corrected chi connectivity index (χ0v) is 12.8. The van der Waals surface area contributed by atoms with E-state index in [1.807, 2.05) is 13.0 Å². The third-order valence-electron chi connectivity index (χ3n) is 2.60. The fourth-order valence-corrected chi connectivity index (χ4v) is 2.52. The van der Waals surface area contributed by atoms with E-state index in [1.165, 1.54) is 0 Å². The first-order chi connectivity index (χ1) is 10.0. The molecule has 0 bridgehead atoms. The molecule has 0 aliphatic heterocycles. The highest BCUT2D eigenvalue weighted by atomic mass is 32.1. The quantitative estimate of drug-likeness (QED) is 0.878. The Balaban J connectivity index is 2.15. The van der Waals surface area contributed by atoms with Crippen molar-refractivity contribution in [1.29, 1.82) is 0 Å². The summed E-state index contributed by atoms with van der Waals surface area (Å²) < 4.78 is 4.93. The summed E-state index contributed by atoms with van der Waals surface area (Å²) in [5.41, 5.74) is 1.59. The fourth-order valence-electron chi connectivity index (χ4n) is 1.67. The Morgan fingerprint density at radius 1 is 1.29 bits per heavy atom. The van der Waals surface area contributed by atoms with Gasteiger partial charge in [0.25, 0.3) is 5.91 Å². The molecule has 1 amide bonds. The number of rotatable bonds is 4. The molecular weight excluding hydrogens is 290 g/mol. The highest BCUT2D eigenvalue weighted by molar-refractivity contribution is 7.17. The van der Waals surface area contributed by atoms with E-state index < -0.39 is 5.97 Å². The summed E-state index contributed by atoms with van der Waals surface area (Å²) in [6.45, 7) is 5.54. The Labute approximate surface area is 126 Å². The van der Waals surface area contributed by atoms with E-state index in [9.17, 15) is 9.59 Å². The molecule has 2 aromatic heterocycles. The van der Waals surface area contributed by atoms with E-state index in [4.69, 9.17) is 4.74 Å². The number of carbonyl (C=O) groups excluding carboxylic acids is 2. The molecule has 2 rings (SSSR count). The number of hydrogen-bond donors (Lipinski definition) is 1. The van der Waals surface area contributed by atoms with E-state index in [1.54, 1.807) is 26.0 Å². The number of esters is 1. The van der Waals surface area contributed by atoms with Gasteiger partial charge in [-0.3, -0.25) is 10.1 Å². The molecule has 0 atom stereocenters. The lowest BCUT2D eigenvalue weighted by molar-refractivity contribution is 0.0531. The maximum Gasteiger partial charge on any atom is 0.350 e. The summed E-state index contributed by atoms with van der Waals surface area (Å²) in [5.74, 6) is -0.787. The minimum atomic E-state index is -0.429. The number of nitrogens with zero attached hydrogens (tertiary/aromatic N) is 2. The molecule has 0 fully saturated rings. The molecule has 0 spiro atoms. The summed E-state index contributed by atoms with van der Waals surface area (Å²) in [5, 5.41) is 2.99. The highest BCUT2D eigenvalue weighted by Gasteiger charge is 2.18. The van der Waals surface area contributed by atoms with Crippen molar-refractivity contribution < 1.29 is 14.3 Å². The Morgan fingerprint density at radius 2 is 2.05 bits per heavy atom. The van der Waals surface area contributed by atoms with Gasteiger partial charge in [0.05, 0.1) is 12.3 Å². The van der Waals surface area contributed by atoms with Gasteiger partial charge in [0.15, 0.2) is 5.13 Å². The van der Waals surface area contributed by atoms with Gasteiger partial charge >= 0.3 is 5.97 Å². The first-order valence-corrected chi connectivity index (χ1v) is 7.22. The van der Waals surface area contributed by atoms with Crippen molar-refractivity contribution in [3.05, 3.63) is 40.2 Å². The normalized spacial score (nSPS) is 10.2. The van der Waals surface area contributed by atoms with Crippen LogP contribution >= 0.6 is 11.3 Å². The monoisotopic (exact) mass is 305 g/mol. The third-order valence-corrected chi connectivity index (χ3v) is 3.65. The van der Waals surface area contributed by atoms with Gasteiger partial charge in [0.1, 0.15) is 10.6 Å². The summed E-state index contributed by atoms with van der Waals surface area (Å²) in [6, 6.07) is 5.19. The molecular formula is C14H15N3O3S. The number of aryl methyl sites for hydroxylation is 2. The Bertz CT molecular complexity index is 682. The molecule has 6 nitrogen and oxygen atoms in total. The molecule has 110 valence electrons. The van der Waals surface area contributed by atoms with Crippen LogP contribution in [0.25, 0.3) is 0 Å². The molecule has 0 saturated heterocycles. The van der Waals surface area contributed by atoms with E-state index in [-0.39, 0.29) is 5.91 Å². The summed E-state index contributed by atoms with van der Waals surface area (Å²) >= 11 is 1.09.